The molecule has 2 N–H and O–H groups in total. The first-order valence-corrected chi connectivity index (χ1v) is 8.07. The van der Waals surface area contributed by atoms with Gasteiger partial charge in [-0.2, -0.15) is 5.10 Å². The van der Waals surface area contributed by atoms with Crippen molar-refractivity contribution in [3.63, 3.8) is 0 Å². The summed E-state index contributed by atoms with van der Waals surface area (Å²) in [6.07, 6.45) is 4.57. The van der Waals surface area contributed by atoms with Crippen LogP contribution >= 0.6 is 0 Å². The normalized spacial score (nSPS) is 19.8. The largest absolute Gasteiger partial charge is 0.393 e. The zero-order valence-electron chi connectivity index (χ0n) is 13.3. The van der Waals surface area contributed by atoms with Gasteiger partial charge in [-0.3, -0.25) is 9.48 Å². The summed E-state index contributed by atoms with van der Waals surface area (Å²) in [6.45, 7) is 4.99. The number of aliphatic hydroxyl groups excluding tert-OH is 1. The fraction of sp³-hybridized carbons (Fsp3) is 0.667. The van der Waals surface area contributed by atoms with Gasteiger partial charge < -0.3 is 20.2 Å². The first kappa shape index (κ1) is 15.8. The van der Waals surface area contributed by atoms with Crippen LogP contribution < -0.4 is 5.32 Å². The van der Waals surface area contributed by atoms with Gasteiger partial charge >= 0.3 is 6.03 Å². The number of carbonyl (C=O) groups is 2. The van der Waals surface area contributed by atoms with Gasteiger partial charge in [0.25, 0.3) is 0 Å². The standard InChI is InChI=1S/C15H23N5O3/c1-11(21)12-8-19(9-12)15(23)17-13-7-16-20(10-13)6-5-18-4-2-3-14(18)22/h7,10-12,21H,2-6,8-9H2,1H3,(H,17,23). The van der Waals surface area contributed by atoms with E-state index in [-0.39, 0.29) is 24.0 Å². The van der Waals surface area contributed by atoms with E-state index >= 15 is 0 Å². The highest BCUT2D eigenvalue weighted by atomic mass is 16.3. The molecule has 3 amide bonds. The summed E-state index contributed by atoms with van der Waals surface area (Å²) in [5, 5.41) is 16.4. The molecule has 1 aromatic rings. The summed E-state index contributed by atoms with van der Waals surface area (Å²) in [6, 6.07) is -0.170. The van der Waals surface area contributed by atoms with Crippen molar-refractivity contribution in [2.45, 2.75) is 32.4 Å². The maximum Gasteiger partial charge on any atom is 0.321 e. The number of hydrogen-bond donors (Lipinski definition) is 2. The number of amides is 3. The molecule has 0 aromatic carbocycles. The molecule has 0 radical (unpaired) electrons. The second kappa shape index (κ2) is 6.57. The van der Waals surface area contributed by atoms with Gasteiger partial charge in [-0.1, -0.05) is 0 Å². The van der Waals surface area contributed by atoms with E-state index in [0.29, 0.717) is 38.3 Å². The number of hydrogen-bond acceptors (Lipinski definition) is 4. The number of aromatic nitrogens is 2. The first-order chi connectivity index (χ1) is 11.0. The van der Waals surface area contributed by atoms with Crippen LogP contribution in [0.3, 0.4) is 0 Å². The Bertz CT molecular complexity index is 579. The molecule has 0 bridgehead atoms. The third-order valence-corrected chi connectivity index (χ3v) is 4.53. The zero-order valence-corrected chi connectivity index (χ0v) is 13.3. The smallest absolute Gasteiger partial charge is 0.321 e. The van der Waals surface area contributed by atoms with E-state index in [0.717, 1.165) is 13.0 Å². The van der Waals surface area contributed by atoms with Gasteiger partial charge in [-0.25, -0.2) is 4.79 Å². The number of carbonyl (C=O) groups excluding carboxylic acids is 2. The van der Waals surface area contributed by atoms with Crippen molar-refractivity contribution in [2.24, 2.45) is 5.92 Å². The highest BCUT2D eigenvalue weighted by Crippen LogP contribution is 2.20. The molecular formula is C15H23N5O3. The van der Waals surface area contributed by atoms with Gasteiger partial charge in [0, 0.05) is 44.7 Å². The van der Waals surface area contributed by atoms with Crippen LogP contribution in [-0.4, -0.2) is 68.9 Å². The summed E-state index contributed by atoms with van der Waals surface area (Å²) in [5.41, 5.74) is 0.642. The van der Waals surface area contributed by atoms with E-state index in [4.69, 9.17) is 0 Å². The van der Waals surface area contributed by atoms with Crippen molar-refractivity contribution in [2.75, 3.05) is 31.5 Å². The molecule has 2 aliphatic heterocycles. The minimum atomic E-state index is -0.380. The summed E-state index contributed by atoms with van der Waals surface area (Å²) in [5.74, 6) is 0.373. The van der Waals surface area contributed by atoms with Gasteiger partial charge in [0.1, 0.15) is 0 Å². The average Bonchev–Trinajstić information content (AvgIpc) is 3.03. The number of anilines is 1. The molecule has 8 heteroatoms. The van der Waals surface area contributed by atoms with Crippen molar-refractivity contribution in [1.29, 1.82) is 0 Å². The van der Waals surface area contributed by atoms with Crippen LogP contribution in [0.1, 0.15) is 19.8 Å². The van der Waals surface area contributed by atoms with E-state index < -0.39 is 0 Å². The molecule has 126 valence electrons. The number of nitrogens with one attached hydrogen (secondary N) is 1. The molecule has 23 heavy (non-hydrogen) atoms. The average molecular weight is 321 g/mol. The molecule has 3 rings (SSSR count). The topological polar surface area (TPSA) is 90.7 Å². The number of nitrogens with zero attached hydrogens (tertiary/aromatic N) is 4. The molecular weight excluding hydrogens is 298 g/mol. The minimum Gasteiger partial charge on any atom is -0.393 e. The predicted octanol–water partition coefficient (Wildman–Crippen LogP) is 0.350. The summed E-state index contributed by atoms with van der Waals surface area (Å²) in [4.78, 5) is 27.1. The molecule has 8 nitrogen and oxygen atoms in total. The van der Waals surface area contributed by atoms with Crippen LogP contribution in [-0.2, 0) is 11.3 Å². The fourth-order valence-corrected chi connectivity index (χ4v) is 2.90. The van der Waals surface area contributed by atoms with E-state index in [2.05, 4.69) is 10.4 Å². The van der Waals surface area contributed by atoms with Gasteiger partial charge in [-0.05, 0) is 13.3 Å². The molecule has 0 aliphatic carbocycles. The van der Waals surface area contributed by atoms with E-state index in [1.54, 1.807) is 28.9 Å². The minimum absolute atomic E-state index is 0.168. The van der Waals surface area contributed by atoms with Gasteiger partial charge in [-0.15, -0.1) is 0 Å². The lowest BCUT2D eigenvalue weighted by Crippen LogP contribution is -2.55. The molecule has 1 unspecified atom stereocenters. The highest BCUT2D eigenvalue weighted by molar-refractivity contribution is 5.89. The van der Waals surface area contributed by atoms with Crippen LogP contribution in [0.15, 0.2) is 12.4 Å². The molecule has 0 saturated carbocycles. The maximum absolute atomic E-state index is 12.0. The van der Waals surface area contributed by atoms with Gasteiger partial charge in [0.15, 0.2) is 0 Å². The number of urea groups is 1. The monoisotopic (exact) mass is 321 g/mol. The fourth-order valence-electron chi connectivity index (χ4n) is 2.90. The number of aliphatic hydroxyl groups is 1. The van der Waals surface area contributed by atoms with E-state index in [1.165, 1.54) is 0 Å². The third kappa shape index (κ3) is 3.64. The van der Waals surface area contributed by atoms with Crippen LogP contribution in [0.5, 0.6) is 0 Å². The van der Waals surface area contributed by atoms with Crippen molar-refractivity contribution in [1.82, 2.24) is 19.6 Å². The number of rotatable bonds is 5. The molecule has 3 heterocycles. The van der Waals surface area contributed by atoms with Crippen LogP contribution in [0, 0.1) is 5.92 Å². The van der Waals surface area contributed by atoms with Crippen LogP contribution in [0.2, 0.25) is 0 Å². The van der Waals surface area contributed by atoms with Crippen molar-refractivity contribution in [3.8, 4) is 0 Å². The lowest BCUT2D eigenvalue weighted by molar-refractivity contribution is -0.127. The first-order valence-electron chi connectivity index (χ1n) is 8.07. The third-order valence-electron chi connectivity index (χ3n) is 4.53. The molecule has 2 aliphatic rings. The van der Waals surface area contributed by atoms with Crippen molar-refractivity contribution in [3.05, 3.63) is 12.4 Å². The second-order valence-corrected chi connectivity index (χ2v) is 6.31. The van der Waals surface area contributed by atoms with E-state index in [9.17, 15) is 14.7 Å². The Balaban J connectivity index is 1.44. The Kier molecular flexibility index (Phi) is 4.51. The predicted molar refractivity (Wildman–Crippen MR) is 83.8 cm³/mol. The summed E-state index contributed by atoms with van der Waals surface area (Å²) >= 11 is 0. The van der Waals surface area contributed by atoms with Gasteiger partial charge in [0.2, 0.25) is 5.91 Å². The van der Waals surface area contributed by atoms with Crippen molar-refractivity contribution < 1.29 is 14.7 Å². The summed E-state index contributed by atoms with van der Waals surface area (Å²) < 4.78 is 1.73. The Morgan fingerprint density at radius 3 is 2.91 bits per heavy atom. The Labute approximate surface area is 135 Å². The molecule has 2 fully saturated rings. The maximum atomic E-state index is 12.0. The molecule has 1 aromatic heterocycles. The van der Waals surface area contributed by atoms with Crippen LogP contribution in [0.25, 0.3) is 0 Å². The Morgan fingerprint density at radius 2 is 2.26 bits per heavy atom. The zero-order chi connectivity index (χ0) is 16.4. The van der Waals surface area contributed by atoms with Crippen LogP contribution in [0.4, 0.5) is 10.5 Å². The second-order valence-electron chi connectivity index (χ2n) is 6.31. The highest BCUT2D eigenvalue weighted by Gasteiger charge is 2.33. The molecule has 1 atom stereocenters. The summed E-state index contributed by atoms with van der Waals surface area (Å²) in [7, 11) is 0. The lowest BCUT2D eigenvalue weighted by atomic mass is 9.95. The SMILES string of the molecule is CC(O)C1CN(C(=O)Nc2cnn(CCN3CCCC3=O)c2)C1. The lowest BCUT2D eigenvalue weighted by Gasteiger charge is -2.40. The van der Waals surface area contributed by atoms with Gasteiger partial charge in [0.05, 0.1) is 24.5 Å². The van der Waals surface area contributed by atoms with Crippen molar-refractivity contribution >= 4 is 17.6 Å². The molecule has 2 saturated heterocycles. The van der Waals surface area contributed by atoms with E-state index in [1.807, 2.05) is 4.90 Å². The molecule has 0 spiro atoms. The quantitative estimate of drug-likeness (QED) is 0.819. The Morgan fingerprint density at radius 1 is 1.48 bits per heavy atom. The number of likely N-dealkylation sites (tertiary alicyclic amines) is 2. The Hall–Kier alpha value is -2.09.